The van der Waals surface area contributed by atoms with Gasteiger partial charge in [0, 0.05) is 11.8 Å². The quantitative estimate of drug-likeness (QED) is 0.912. The Bertz CT molecular complexity index is 667. The van der Waals surface area contributed by atoms with Crippen LogP contribution in [0.15, 0.2) is 41.4 Å². The van der Waals surface area contributed by atoms with Crippen molar-refractivity contribution < 1.29 is 8.42 Å². The van der Waals surface area contributed by atoms with Crippen LogP contribution in [0.2, 0.25) is 0 Å². The molecule has 1 heterocycles. The first kappa shape index (κ1) is 13.6. The van der Waals surface area contributed by atoms with E-state index < -0.39 is 9.84 Å². The molecule has 100 valence electrons. The summed E-state index contributed by atoms with van der Waals surface area (Å²) in [6.45, 7) is 1.90. The van der Waals surface area contributed by atoms with Crippen molar-refractivity contribution in [3.8, 4) is 11.3 Å². The fourth-order valence-corrected chi connectivity index (χ4v) is 2.54. The Morgan fingerprint density at radius 3 is 2.42 bits per heavy atom. The third kappa shape index (κ3) is 2.97. The van der Waals surface area contributed by atoms with Gasteiger partial charge in [0.05, 0.1) is 22.9 Å². The summed E-state index contributed by atoms with van der Waals surface area (Å²) in [5.41, 5.74) is 7.06. The summed E-state index contributed by atoms with van der Waals surface area (Å²) in [5, 5.41) is 0. The Hall–Kier alpha value is -1.79. The Kier molecular flexibility index (Phi) is 3.92. The van der Waals surface area contributed by atoms with E-state index in [1.807, 2.05) is 0 Å². The standard InChI is InChI=1S/C13H15N3O2S/c1-2-19(17,18)11-5-3-10(4-6-11)12-7-8-15-13(9-14)16-12/h3-8H,2,9,14H2,1H3. The number of nitrogens with two attached hydrogens (primary N) is 1. The van der Waals surface area contributed by atoms with Gasteiger partial charge in [-0.15, -0.1) is 0 Å². The zero-order chi connectivity index (χ0) is 13.9. The van der Waals surface area contributed by atoms with Crippen LogP contribution in [0.5, 0.6) is 0 Å². The maximum Gasteiger partial charge on any atom is 0.178 e. The second-order valence-electron chi connectivity index (χ2n) is 3.99. The fraction of sp³-hybridized carbons (Fsp3) is 0.231. The molecular formula is C13H15N3O2S. The van der Waals surface area contributed by atoms with Crippen LogP contribution < -0.4 is 5.73 Å². The summed E-state index contributed by atoms with van der Waals surface area (Å²) in [7, 11) is -3.16. The van der Waals surface area contributed by atoms with E-state index in [0.29, 0.717) is 10.7 Å². The summed E-state index contributed by atoms with van der Waals surface area (Å²) in [5.74, 6) is 0.653. The van der Waals surface area contributed by atoms with E-state index in [4.69, 9.17) is 5.73 Å². The van der Waals surface area contributed by atoms with Gasteiger partial charge >= 0.3 is 0 Å². The lowest BCUT2D eigenvalue weighted by atomic mass is 10.1. The second-order valence-corrected chi connectivity index (χ2v) is 6.27. The molecule has 2 aromatic rings. The SMILES string of the molecule is CCS(=O)(=O)c1ccc(-c2ccnc(CN)n2)cc1. The normalized spacial score (nSPS) is 11.5. The molecule has 0 atom stereocenters. The summed E-state index contributed by atoms with van der Waals surface area (Å²) in [4.78, 5) is 8.64. The van der Waals surface area contributed by atoms with Gasteiger partial charge in [0.1, 0.15) is 5.82 Å². The zero-order valence-electron chi connectivity index (χ0n) is 10.6. The molecule has 2 rings (SSSR count). The van der Waals surface area contributed by atoms with E-state index in [-0.39, 0.29) is 12.3 Å². The first-order valence-electron chi connectivity index (χ1n) is 5.92. The zero-order valence-corrected chi connectivity index (χ0v) is 11.4. The smallest absolute Gasteiger partial charge is 0.178 e. The van der Waals surface area contributed by atoms with Crippen LogP contribution in [0.25, 0.3) is 11.3 Å². The van der Waals surface area contributed by atoms with E-state index in [2.05, 4.69) is 9.97 Å². The minimum absolute atomic E-state index is 0.0944. The van der Waals surface area contributed by atoms with Crippen molar-refractivity contribution >= 4 is 9.84 Å². The number of sulfone groups is 1. The Balaban J connectivity index is 2.37. The third-order valence-corrected chi connectivity index (χ3v) is 4.53. The molecule has 0 fully saturated rings. The van der Waals surface area contributed by atoms with Crippen molar-refractivity contribution in [2.45, 2.75) is 18.4 Å². The first-order chi connectivity index (χ1) is 9.06. The van der Waals surface area contributed by atoms with Crippen LogP contribution in [0.4, 0.5) is 0 Å². The van der Waals surface area contributed by atoms with Gasteiger partial charge in [0.25, 0.3) is 0 Å². The number of rotatable bonds is 4. The topological polar surface area (TPSA) is 85.9 Å². The summed E-state index contributed by atoms with van der Waals surface area (Å²) in [6.07, 6.45) is 1.64. The van der Waals surface area contributed by atoms with Crippen molar-refractivity contribution in [1.82, 2.24) is 9.97 Å². The highest BCUT2D eigenvalue weighted by Crippen LogP contribution is 2.19. The van der Waals surface area contributed by atoms with Crippen LogP contribution in [0, 0.1) is 0 Å². The predicted molar refractivity (Wildman–Crippen MR) is 73.1 cm³/mol. The third-order valence-electron chi connectivity index (χ3n) is 2.78. The van der Waals surface area contributed by atoms with Gasteiger partial charge < -0.3 is 5.73 Å². The molecule has 0 unspecified atom stereocenters. The highest BCUT2D eigenvalue weighted by atomic mass is 32.2. The van der Waals surface area contributed by atoms with Crippen molar-refractivity contribution in [2.24, 2.45) is 5.73 Å². The predicted octanol–water partition coefficient (Wildman–Crippen LogP) is 1.40. The molecule has 1 aromatic heterocycles. The monoisotopic (exact) mass is 277 g/mol. The molecule has 2 N–H and O–H groups in total. The lowest BCUT2D eigenvalue weighted by Gasteiger charge is -2.05. The van der Waals surface area contributed by atoms with Gasteiger partial charge in [0.15, 0.2) is 9.84 Å². The molecule has 0 aliphatic heterocycles. The van der Waals surface area contributed by atoms with Crippen LogP contribution in [0.3, 0.4) is 0 Å². The molecule has 0 radical (unpaired) electrons. The van der Waals surface area contributed by atoms with Crippen LogP contribution >= 0.6 is 0 Å². The molecule has 1 aromatic carbocycles. The summed E-state index contributed by atoms with van der Waals surface area (Å²) < 4.78 is 23.4. The van der Waals surface area contributed by atoms with Crippen LogP contribution in [0.1, 0.15) is 12.7 Å². The molecule has 0 spiro atoms. The number of aromatic nitrogens is 2. The van der Waals surface area contributed by atoms with Gasteiger partial charge in [0.2, 0.25) is 0 Å². The molecule has 0 bridgehead atoms. The van der Waals surface area contributed by atoms with Crippen molar-refractivity contribution in [3.63, 3.8) is 0 Å². The van der Waals surface area contributed by atoms with E-state index in [0.717, 1.165) is 11.3 Å². The van der Waals surface area contributed by atoms with Gasteiger partial charge in [-0.25, -0.2) is 18.4 Å². The minimum Gasteiger partial charge on any atom is -0.324 e. The van der Waals surface area contributed by atoms with Crippen LogP contribution in [-0.2, 0) is 16.4 Å². The molecule has 0 saturated heterocycles. The van der Waals surface area contributed by atoms with E-state index in [9.17, 15) is 8.42 Å². The summed E-state index contributed by atoms with van der Waals surface area (Å²) >= 11 is 0. The number of hydrogen-bond acceptors (Lipinski definition) is 5. The molecular weight excluding hydrogens is 262 g/mol. The Morgan fingerprint density at radius 2 is 1.84 bits per heavy atom. The molecule has 19 heavy (non-hydrogen) atoms. The minimum atomic E-state index is -3.16. The van der Waals surface area contributed by atoms with Crippen molar-refractivity contribution in [1.29, 1.82) is 0 Å². The van der Waals surface area contributed by atoms with Gasteiger partial charge in [-0.2, -0.15) is 0 Å². The Morgan fingerprint density at radius 1 is 1.16 bits per heavy atom. The Labute approximate surface area is 112 Å². The maximum atomic E-state index is 11.7. The summed E-state index contributed by atoms with van der Waals surface area (Å²) in [6, 6.07) is 8.44. The molecule has 0 aliphatic rings. The highest BCUT2D eigenvalue weighted by Gasteiger charge is 2.11. The highest BCUT2D eigenvalue weighted by molar-refractivity contribution is 7.91. The average molecular weight is 277 g/mol. The van der Waals surface area contributed by atoms with Gasteiger partial charge in [-0.3, -0.25) is 0 Å². The lowest BCUT2D eigenvalue weighted by molar-refractivity contribution is 0.597. The molecule has 6 heteroatoms. The van der Waals surface area contributed by atoms with Gasteiger partial charge in [-0.05, 0) is 18.2 Å². The fourth-order valence-electron chi connectivity index (χ4n) is 1.66. The van der Waals surface area contributed by atoms with Crippen molar-refractivity contribution in [2.75, 3.05) is 5.75 Å². The molecule has 0 saturated carbocycles. The first-order valence-corrected chi connectivity index (χ1v) is 7.57. The van der Waals surface area contributed by atoms with Crippen LogP contribution in [-0.4, -0.2) is 24.1 Å². The maximum absolute atomic E-state index is 11.7. The van der Waals surface area contributed by atoms with Gasteiger partial charge in [-0.1, -0.05) is 19.1 Å². The van der Waals surface area contributed by atoms with E-state index >= 15 is 0 Å². The molecule has 0 amide bonds. The average Bonchev–Trinajstić information content (AvgIpc) is 2.47. The number of benzene rings is 1. The number of hydrogen-bond donors (Lipinski definition) is 1. The number of nitrogens with zero attached hydrogens (tertiary/aromatic N) is 2. The lowest BCUT2D eigenvalue weighted by Crippen LogP contribution is -2.04. The largest absolute Gasteiger partial charge is 0.324 e. The molecule has 0 aliphatic carbocycles. The molecule has 5 nitrogen and oxygen atoms in total. The second kappa shape index (κ2) is 5.46. The van der Waals surface area contributed by atoms with E-state index in [1.165, 1.54) is 0 Å². The van der Waals surface area contributed by atoms with E-state index in [1.54, 1.807) is 43.5 Å². The van der Waals surface area contributed by atoms with Crippen molar-refractivity contribution in [3.05, 3.63) is 42.4 Å².